The highest BCUT2D eigenvalue weighted by Crippen LogP contribution is 2.28. The molecule has 0 bridgehead atoms. The molecule has 6 heteroatoms. The molecule has 3 heterocycles. The number of aromatic nitrogens is 3. The first-order chi connectivity index (χ1) is 10.2. The van der Waals surface area contributed by atoms with Crippen LogP contribution in [-0.4, -0.2) is 38.7 Å². The Kier molecular flexibility index (Phi) is 4.05. The summed E-state index contributed by atoms with van der Waals surface area (Å²) in [5.41, 5.74) is 0.809. The molecule has 1 saturated heterocycles. The van der Waals surface area contributed by atoms with Crippen molar-refractivity contribution in [1.82, 2.24) is 19.7 Å². The van der Waals surface area contributed by atoms with Crippen molar-refractivity contribution < 1.29 is 4.79 Å². The predicted octanol–water partition coefficient (Wildman–Crippen LogP) is 2.94. The maximum Gasteiger partial charge on any atom is 0.254 e. The van der Waals surface area contributed by atoms with E-state index in [1.54, 1.807) is 11.3 Å². The van der Waals surface area contributed by atoms with Gasteiger partial charge in [0.2, 0.25) is 0 Å². The Labute approximate surface area is 128 Å². The number of piperidine rings is 1. The van der Waals surface area contributed by atoms with Gasteiger partial charge in [0.1, 0.15) is 12.2 Å². The number of amides is 1. The molecule has 0 saturated carbocycles. The van der Waals surface area contributed by atoms with Crippen LogP contribution in [0.4, 0.5) is 0 Å². The number of hydrogen-bond acceptors (Lipinski definition) is 4. The molecule has 2 aromatic rings. The second-order valence-corrected chi connectivity index (χ2v) is 6.55. The Balaban J connectivity index is 1.65. The van der Waals surface area contributed by atoms with Crippen LogP contribution >= 0.6 is 11.3 Å². The average molecular weight is 304 g/mol. The summed E-state index contributed by atoms with van der Waals surface area (Å²) in [6, 6.07) is 2.27. The van der Waals surface area contributed by atoms with E-state index in [0.717, 1.165) is 37.3 Å². The molecule has 0 atom stereocenters. The van der Waals surface area contributed by atoms with Crippen molar-refractivity contribution in [3.05, 3.63) is 34.5 Å². The number of nitrogens with zero attached hydrogens (tertiary/aromatic N) is 4. The van der Waals surface area contributed by atoms with Gasteiger partial charge in [-0.1, -0.05) is 0 Å². The zero-order valence-electron chi connectivity index (χ0n) is 12.4. The summed E-state index contributed by atoms with van der Waals surface area (Å²) >= 11 is 1.57. The third-order valence-corrected chi connectivity index (χ3v) is 4.76. The molecule has 2 aromatic heterocycles. The lowest BCUT2D eigenvalue weighted by Gasteiger charge is -2.31. The van der Waals surface area contributed by atoms with E-state index in [4.69, 9.17) is 0 Å². The van der Waals surface area contributed by atoms with Gasteiger partial charge >= 0.3 is 0 Å². The molecule has 1 aliphatic rings. The molecule has 21 heavy (non-hydrogen) atoms. The van der Waals surface area contributed by atoms with E-state index >= 15 is 0 Å². The van der Waals surface area contributed by atoms with Crippen LogP contribution in [0.1, 0.15) is 54.8 Å². The molecule has 112 valence electrons. The summed E-state index contributed by atoms with van der Waals surface area (Å²) in [6.07, 6.45) is 3.73. The van der Waals surface area contributed by atoms with E-state index in [0.29, 0.717) is 12.0 Å². The van der Waals surface area contributed by atoms with Crippen LogP contribution in [0, 0.1) is 0 Å². The third-order valence-electron chi connectivity index (χ3n) is 4.07. The smallest absolute Gasteiger partial charge is 0.254 e. The van der Waals surface area contributed by atoms with Crippen LogP contribution in [-0.2, 0) is 0 Å². The third kappa shape index (κ3) is 2.85. The first-order valence-corrected chi connectivity index (χ1v) is 8.32. The van der Waals surface area contributed by atoms with Crippen LogP contribution in [0.2, 0.25) is 0 Å². The number of carbonyl (C=O) groups is 1. The van der Waals surface area contributed by atoms with Gasteiger partial charge in [-0.2, -0.15) is 11.3 Å². The fourth-order valence-corrected chi connectivity index (χ4v) is 3.48. The van der Waals surface area contributed by atoms with Crippen LogP contribution in [0.3, 0.4) is 0 Å². The van der Waals surface area contributed by atoms with Crippen molar-refractivity contribution in [2.45, 2.75) is 38.6 Å². The lowest BCUT2D eigenvalue weighted by Crippen LogP contribution is -2.38. The molecular weight excluding hydrogens is 284 g/mol. The average Bonchev–Trinajstić information content (AvgIpc) is 3.18. The van der Waals surface area contributed by atoms with Crippen LogP contribution in [0.15, 0.2) is 23.2 Å². The van der Waals surface area contributed by atoms with E-state index < -0.39 is 0 Å². The van der Waals surface area contributed by atoms with Gasteiger partial charge in [-0.05, 0) is 38.1 Å². The molecule has 1 amide bonds. The molecule has 5 nitrogen and oxygen atoms in total. The topological polar surface area (TPSA) is 51.0 Å². The van der Waals surface area contributed by atoms with Crippen LogP contribution in [0.5, 0.6) is 0 Å². The number of likely N-dealkylation sites (tertiary alicyclic amines) is 1. The lowest BCUT2D eigenvalue weighted by molar-refractivity contribution is 0.0710. The normalized spacial score (nSPS) is 16.6. The summed E-state index contributed by atoms with van der Waals surface area (Å²) in [5, 5.41) is 12.2. The predicted molar refractivity (Wildman–Crippen MR) is 82.6 cm³/mol. The summed E-state index contributed by atoms with van der Waals surface area (Å²) in [4.78, 5) is 14.3. The van der Waals surface area contributed by atoms with Gasteiger partial charge < -0.3 is 9.47 Å². The van der Waals surface area contributed by atoms with Gasteiger partial charge in [-0.3, -0.25) is 4.79 Å². The van der Waals surface area contributed by atoms with E-state index in [9.17, 15) is 4.79 Å². The molecule has 1 fully saturated rings. The Morgan fingerprint density at radius 3 is 2.76 bits per heavy atom. The number of thiophene rings is 1. The summed E-state index contributed by atoms with van der Waals surface area (Å²) < 4.78 is 2.14. The van der Waals surface area contributed by atoms with Gasteiger partial charge in [0.25, 0.3) is 5.91 Å². The van der Waals surface area contributed by atoms with Gasteiger partial charge in [0.05, 0.1) is 5.56 Å². The van der Waals surface area contributed by atoms with E-state index in [1.165, 1.54) is 0 Å². The lowest BCUT2D eigenvalue weighted by atomic mass is 9.95. The summed E-state index contributed by atoms with van der Waals surface area (Å²) in [7, 11) is 0. The maximum absolute atomic E-state index is 12.3. The molecule has 0 unspecified atom stereocenters. The summed E-state index contributed by atoms with van der Waals surface area (Å²) in [5.74, 6) is 1.62. The fourth-order valence-electron chi connectivity index (χ4n) is 2.85. The molecule has 0 radical (unpaired) electrons. The van der Waals surface area contributed by atoms with Crippen molar-refractivity contribution in [3.8, 4) is 0 Å². The first-order valence-electron chi connectivity index (χ1n) is 7.37. The number of carbonyl (C=O) groups excluding carboxylic acids is 1. The highest BCUT2D eigenvalue weighted by molar-refractivity contribution is 7.08. The minimum Gasteiger partial charge on any atom is -0.339 e. The van der Waals surface area contributed by atoms with Crippen molar-refractivity contribution in [1.29, 1.82) is 0 Å². The minimum absolute atomic E-state index is 0.153. The number of hydrogen-bond donors (Lipinski definition) is 0. The Morgan fingerprint density at radius 1 is 1.38 bits per heavy atom. The van der Waals surface area contributed by atoms with Crippen molar-refractivity contribution >= 4 is 17.2 Å². The largest absolute Gasteiger partial charge is 0.339 e. The van der Waals surface area contributed by atoms with E-state index in [-0.39, 0.29) is 5.91 Å². The SMILES string of the molecule is CC(C)n1cnnc1C1CCN(C(=O)c2ccsc2)CC1. The molecular formula is C15H20N4OS. The van der Waals surface area contributed by atoms with Gasteiger partial charge in [0.15, 0.2) is 0 Å². The first kappa shape index (κ1) is 14.3. The van der Waals surface area contributed by atoms with Gasteiger partial charge in [-0.25, -0.2) is 0 Å². The standard InChI is InChI=1S/C15H20N4OS/c1-11(2)19-10-16-17-14(19)12-3-6-18(7-4-12)15(20)13-5-8-21-9-13/h5,8-12H,3-4,6-7H2,1-2H3. The molecule has 0 spiro atoms. The second-order valence-electron chi connectivity index (χ2n) is 5.77. The number of rotatable bonds is 3. The van der Waals surface area contributed by atoms with Crippen LogP contribution < -0.4 is 0 Å². The van der Waals surface area contributed by atoms with Crippen LogP contribution in [0.25, 0.3) is 0 Å². The zero-order chi connectivity index (χ0) is 14.8. The van der Waals surface area contributed by atoms with Gasteiger partial charge in [0, 0.05) is 30.4 Å². The fraction of sp³-hybridized carbons (Fsp3) is 0.533. The Bertz CT molecular complexity index is 597. The summed E-state index contributed by atoms with van der Waals surface area (Å²) in [6.45, 7) is 5.87. The molecule has 0 aromatic carbocycles. The highest BCUT2D eigenvalue weighted by atomic mass is 32.1. The maximum atomic E-state index is 12.3. The quantitative estimate of drug-likeness (QED) is 0.876. The van der Waals surface area contributed by atoms with Crippen molar-refractivity contribution in [2.24, 2.45) is 0 Å². The zero-order valence-corrected chi connectivity index (χ0v) is 13.2. The minimum atomic E-state index is 0.153. The molecule has 0 aliphatic carbocycles. The second kappa shape index (κ2) is 5.97. The molecule has 0 N–H and O–H groups in total. The van der Waals surface area contributed by atoms with E-state index in [2.05, 4.69) is 28.6 Å². The van der Waals surface area contributed by atoms with Gasteiger partial charge in [-0.15, -0.1) is 10.2 Å². The highest BCUT2D eigenvalue weighted by Gasteiger charge is 2.27. The molecule has 3 rings (SSSR count). The monoisotopic (exact) mass is 304 g/mol. The van der Waals surface area contributed by atoms with Crippen molar-refractivity contribution in [2.75, 3.05) is 13.1 Å². The molecule has 1 aliphatic heterocycles. The Hall–Kier alpha value is -1.69. The Morgan fingerprint density at radius 2 is 2.14 bits per heavy atom. The van der Waals surface area contributed by atoms with E-state index in [1.807, 2.05) is 28.1 Å². The van der Waals surface area contributed by atoms with Crippen molar-refractivity contribution in [3.63, 3.8) is 0 Å².